The van der Waals surface area contributed by atoms with Crippen molar-refractivity contribution >= 4 is 35.0 Å². The zero-order valence-electron chi connectivity index (χ0n) is 22.8. The van der Waals surface area contributed by atoms with Crippen LogP contribution in [0.15, 0.2) is 80.1 Å². The van der Waals surface area contributed by atoms with E-state index in [-0.39, 0.29) is 27.3 Å². The predicted octanol–water partition coefficient (Wildman–Crippen LogP) is 3.51. The van der Waals surface area contributed by atoms with Crippen LogP contribution in [0.4, 0.5) is 5.69 Å². The SMILES string of the molecule is COC(=O)C1=C(C)N=c2s/c(=C/c3ccc(-c4cccc([N+](=O)[O-])c4)o3)c(=O)n2[C@@H]1c1ccc(OC(C)=O)c(OC)c1. The highest BCUT2D eigenvalue weighted by molar-refractivity contribution is 7.07. The van der Waals surface area contributed by atoms with E-state index < -0.39 is 28.5 Å². The Morgan fingerprint density at radius 1 is 1.12 bits per heavy atom. The zero-order valence-corrected chi connectivity index (χ0v) is 23.6. The third-order valence-electron chi connectivity index (χ3n) is 6.43. The minimum Gasteiger partial charge on any atom is -0.493 e. The van der Waals surface area contributed by atoms with Crippen molar-refractivity contribution in [3.8, 4) is 22.8 Å². The molecule has 0 spiro atoms. The topological polar surface area (TPSA) is 152 Å². The van der Waals surface area contributed by atoms with E-state index in [2.05, 4.69) is 4.99 Å². The van der Waals surface area contributed by atoms with Crippen molar-refractivity contribution in [2.24, 2.45) is 4.99 Å². The molecule has 5 rings (SSSR count). The summed E-state index contributed by atoms with van der Waals surface area (Å²) in [5.74, 6) is -0.0568. The van der Waals surface area contributed by atoms with E-state index in [1.165, 1.54) is 43.9 Å². The molecule has 1 aliphatic rings. The number of rotatable bonds is 7. The van der Waals surface area contributed by atoms with Gasteiger partial charge in [-0.15, -0.1) is 0 Å². The summed E-state index contributed by atoms with van der Waals surface area (Å²) in [6.45, 7) is 2.91. The Morgan fingerprint density at radius 3 is 2.60 bits per heavy atom. The number of nitro groups is 1. The van der Waals surface area contributed by atoms with Crippen molar-refractivity contribution in [1.82, 2.24) is 4.57 Å². The van der Waals surface area contributed by atoms with E-state index in [4.69, 9.17) is 18.6 Å². The summed E-state index contributed by atoms with van der Waals surface area (Å²) in [7, 11) is 2.65. The quantitative estimate of drug-likeness (QED) is 0.136. The lowest BCUT2D eigenvalue weighted by Gasteiger charge is -2.25. The molecule has 13 heteroatoms. The van der Waals surface area contributed by atoms with Gasteiger partial charge in [-0.05, 0) is 36.8 Å². The standard InChI is InChI=1S/C29H23N3O9S/c1-15-25(28(35)39-4)26(18-8-10-22(40-16(2)33)23(13-18)38-3)31-27(34)24(42-29(31)30-15)14-20-9-11-21(41-20)17-6-5-7-19(12-17)32(36)37/h5-14,26H,1-4H3/b24-14+/t26-/m1/s1. The molecule has 0 saturated carbocycles. The van der Waals surface area contributed by atoms with Crippen molar-refractivity contribution in [2.45, 2.75) is 19.9 Å². The lowest BCUT2D eigenvalue weighted by atomic mass is 9.95. The number of furan rings is 1. The number of hydrogen-bond acceptors (Lipinski definition) is 11. The number of methoxy groups -OCH3 is 2. The zero-order chi connectivity index (χ0) is 30.1. The largest absolute Gasteiger partial charge is 0.493 e. The van der Waals surface area contributed by atoms with Gasteiger partial charge in [-0.25, -0.2) is 9.79 Å². The fourth-order valence-electron chi connectivity index (χ4n) is 4.59. The van der Waals surface area contributed by atoms with E-state index >= 15 is 0 Å². The molecule has 0 N–H and O–H groups in total. The number of fused-ring (bicyclic) bond motifs is 1. The van der Waals surface area contributed by atoms with Crippen LogP contribution in [0.1, 0.15) is 31.2 Å². The minimum atomic E-state index is -0.923. The molecule has 0 amide bonds. The molecule has 12 nitrogen and oxygen atoms in total. The molecule has 0 bridgehead atoms. The van der Waals surface area contributed by atoms with Crippen LogP contribution in [0.25, 0.3) is 17.4 Å². The highest BCUT2D eigenvalue weighted by atomic mass is 32.1. The maximum absolute atomic E-state index is 13.8. The molecule has 0 saturated heterocycles. The Labute approximate surface area is 241 Å². The molecule has 3 heterocycles. The van der Waals surface area contributed by atoms with E-state index in [1.54, 1.807) is 49.4 Å². The molecule has 0 radical (unpaired) electrons. The Hall–Kier alpha value is -5.30. The molecule has 0 aliphatic carbocycles. The third-order valence-corrected chi connectivity index (χ3v) is 7.41. The van der Waals surface area contributed by atoms with Gasteiger partial charge in [0.25, 0.3) is 11.2 Å². The summed E-state index contributed by atoms with van der Waals surface area (Å²) >= 11 is 1.11. The number of thiazole rings is 1. The molecule has 2 aromatic heterocycles. The second kappa shape index (κ2) is 11.3. The first kappa shape index (κ1) is 28.2. The van der Waals surface area contributed by atoms with Crippen molar-refractivity contribution in [3.63, 3.8) is 0 Å². The normalized spacial score (nSPS) is 14.7. The van der Waals surface area contributed by atoms with E-state index in [1.807, 2.05) is 0 Å². The summed E-state index contributed by atoms with van der Waals surface area (Å²) in [4.78, 5) is 53.8. The number of allylic oxidation sites excluding steroid dienone is 1. The predicted molar refractivity (Wildman–Crippen MR) is 151 cm³/mol. The molecular formula is C29H23N3O9S. The van der Waals surface area contributed by atoms with Gasteiger partial charge >= 0.3 is 11.9 Å². The van der Waals surface area contributed by atoms with Crippen LogP contribution < -0.4 is 24.4 Å². The lowest BCUT2D eigenvalue weighted by Crippen LogP contribution is -2.39. The number of nitro benzene ring substituents is 1. The fourth-order valence-corrected chi connectivity index (χ4v) is 5.62. The Balaban J connectivity index is 1.63. The van der Waals surface area contributed by atoms with E-state index in [9.17, 15) is 24.5 Å². The van der Waals surface area contributed by atoms with Gasteiger partial charge in [0.15, 0.2) is 16.3 Å². The lowest BCUT2D eigenvalue weighted by molar-refractivity contribution is -0.384. The Bertz CT molecular complexity index is 1970. The van der Waals surface area contributed by atoms with Crippen molar-refractivity contribution in [1.29, 1.82) is 0 Å². The summed E-state index contributed by atoms with van der Waals surface area (Å²) in [5, 5.41) is 11.2. The molecule has 1 aliphatic heterocycles. The van der Waals surface area contributed by atoms with Crippen LogP contribution in [-0.2, 0) is 14.3 Å². The second-order valence-electron chi connectivity index (χ2n) is 9.09. The maximum Gasteiger partial charge on any atom is 0.338 e. The van der Waals surface area contributed by atoms with Crippen LogP contribution in [0.3, 0.4) is 0 Å². The van der Waals surface area contributed by atoms with Crippen LogP contribution in [0.5, 0.6) is 11.5 Å². The molecular weight excluding hydrogens is 566 g/mol. The Kier molecular flexibility index (Phi) is 7.59. The first-order valence-corrected chi connectivity index (χ1v) is 13.2. The first-order chi connectivity index (χ1) is 20.1. The molecule has 4 aromatic rings. The number of nitrogens with zero attached hydrogens (tertiary/aromatic N) is 3. The molecule has 0 unspecified atom stereocenters. The number of carbonyl (C=O) groups excluding carboxylic acids is 2. The van der Waals surface area contributed by atoms with Crippen molar-refractivity contribution < 1.29 is 33.1 Å². The summed E-state index contributed by atoms with van der Waals surface area (Å²) in [6.07, 6.45) is 1.54. The number of aromatic nitrogens is 1. The van der Waals surface area contributed by atoms with Crippen LogP contribution in [-0.4, -0.2) is 35.6 Å². The van der Waals surface area contributed by atoms with E-state index in [0.717, 1.165) is 11.3 Å². The average Bonchev–Trinajstić information content (AvgIpc) is 3.56. The van der Waals surface area contributed by atoms with Crippen LogP contribution in [0.2, 0.25) is 0 Å². The second-order valence-corrected chi connectivity index (χ2v) is 10.1. The minimum absolute atomic E-state index is 0.0759. The molecule has 2 aromatic carbocycles. The van der Waals surface area contributed by atoms with Crippen molar-refractivity contribution in [3.05, 3.63) is 107 Å². The van der Waals surface area contributed by atoms with Gasteiger partial charge in [-0.1, -0.05) is 29.5 Å². The fraction of sp³-hybridized carbons (Fsp3) is 0.172. The maximum atomic E-state index is 13.8. The summed E-state index contributed by atoms with van der Waals surface area (Å²) in [6, 6.07) is 13.1. The highest BCUT2D eigenvalue weighted by Gasteiger charge is 2.33. The number of esters is 2. The summed E-state index contributed by atoms with van der Waals surface area (Å²) < 4.78 is 23.2. The van der Waals surface area contributed by atoms with Gasteiger partial charge in [0.1, 0.15) is 11.5 Å². The molecule has 0 fully saturated rings. The van der Waals surface area contributed by atoms with Gasteiger partial charge in [-0.3, -0.25) is 24.3 Å². The number of hydrogen-bond donors (Lipinski definition) is 0. The van der Waals surface area contributed by atoms with Gasteiger partial charge in [0.05, 0.1) is 41.0 Å². The van der Waals surface area contributed by atoms with Gasteiger partial charge in [0, 0.05) is 30.7 Å². The third kappa shape index (κ3) is 5.24. The van der Waals surface area contributed by atoms with Gasteiger partial charge in [-0.2, -0.15) is 0 Å². The molecule has 214 valence electrons. The smallest absolute Gasteiger partial charge is 0.338 e. The van der Waals surface area contributed by atoms with Gasteiger partial charge in [0.2, 0.25) is 0 Å². The number of carbonyl (C=O) groups is 2. The van der Waals surface area contributed by atoms with Crippen LogP contribution in [0, 0.1) is 10.1 Å². The first-order valence-electron chi connectivity index (χ1n) is 12.4. The summed E-state index contributed by atoms with van der Waals surface area (Å²) in [5.41, 5.74) is 1.02. The average molecular weight is 590 g/mol. The number of ether oxygens (including phenoxy) is 3. The Morgan fingerprint density at radius 2 is 1.90 bits per heavy atom. The molecule has 42 heavy (non-hydrogen) atoms. The monoisotopic (exact) mass is 589 g/mol. The van der Waals surface area contributed by atoms with E-state index in [0.29, 0.717) is 33.1 Å². The number of non-ortho nitro benzene ring substituents is 1. The molecule has 1 atom stereocenters. The highest BCUT2D eigenvalue weighted by Crippen LogP contribution is 2.36. The van der Waals surface area contributed by atoms with Crippen molar-refractivity contribution in [2.75, 3.05) is 14.2 Å². The van der Waals surface area contributed by atoms with Gasteiger partial charge < -0.3 is 18.6 Å². The number of benzene rings is 2. The van der Waals surface area contributed by atoms with Crippen LogP contribution >= 0.6 is 11.3 Å².